The number of nitrogens with zero attached hydrogens (tertiary/aromatic N) is 2. The number of rotatable bonds is 4. The van der Waals surface area contributed by atoms with E-state index in [1.807, 2.05) is 30.3 Å². The van der Waals surface area contributed by atoms with Crippen molar-refractivity contribution in [1.82, 2.24) is 10.1 Å². The Morgan fingerprint density at radius 3 is 2.11 bits per heavy atom. The zero-order valence-electron chi connectivity index (χ0n) is 14.2. The van der Waals surface area contributed by atoms with Crippen LogP contribution < -0.4 is 5.06 Å². The molecule has 0 saturated carbocycles. The Labute approximate surface area is 155 Å². The van der Waals surface area contributed by atoms with Crippen LogP contribution in [0, 0.1) is 5.21 Å². The fourth-order valence-electron chi connectivity index (χ4n) is 2.66. The van der Waals surface area contributed by atoms with Gasteiger partial charge in [-0.25, -0.2) is 4.79 Å². The van der Waals surface area contributed by atoms with Gasteiger partial charge in [-0.05, 0) is 24.3 Å². The van der Waals surface area contributed by atoms with E-state index in [9.17, 15) is 10.0 Å². The molecule has 1 unspecified atom stereocenters. The Bertz CT molecular complexity index is 1050. The van der Waals surface area contributed by atoms with E-state index in [0.29, 0.717) is 28.5 Å². The maximum Gasteiger partial charge on any atom is 0.349 e. The summed E-state index contributed by atoms with van der Waals surface area (Å²) < 4.78 is 5.31. The molecule has 4 aromatic rings. The summed E-state index contributed by atoms with van der Waals surface area (Å²) in [6, 6.07) is 24.5. The molecule has 4 rings (SSSR count). The van der Waals surface area contributed by atoms with Crippen LogP contribution in [0.15, 0.2) is 89.5 Å². The molecule has 6 heteroatoms. The van der Waals surface area contributed by atoms with Gasteiger partial charge in [-0.2, -0.15) is 4.98 Å². The summed E-state index contributed by atoms with van der Waals surface area (Å²) in [5, 5.41) is 15.8. The number of hydrogen-bond acceptors (Lipinski definition) is 5. The molecule has 1 heterocycles. The van der Waals surface area contributed by atoms with E-state index in [1.54, 1.807) is 54.6 Å². The van der Waals surface area contributed by atoms with Crippen LogP contribution in [0.2, 0.25) is 0 Å². The van der Waals surface area contributed by atoms with E-state index in [2.05, 4.69) is 10.1 Å². The maximum absolute atomic E-state index is 12.4. The summed E-state index contributed by atoms with van der Waals surface area (Å²) in [6.07, 6.45) is 0. The fraction of sp³-hybridized carbons (Fsp3) is 0. The van der Waals surface area contributed by atoms with Crippen molar-refractivity contribution < 1.29 is 14.4 Å². The van der Waals surface area contributed by atoms with Crippen LogP contribution in [-0.2, 0) is 0 Å². The highest BCUT2D eigenvalue weighted by Gasteiger charge is 2.17. The van der Waals surface area contributed by atoms with Crippen LogP contribution >= 0.6 is 0 Å². The van der Waals surface area contributed by atoms with E-state index in [0.717, 1.165) is 5.56 Å². The Balaban J connectivity index is 1.54. The van der Waals surface area contributed by atoms with E-state index in [4.69, 9.17) is 4.52 Å². The second-order valence-electron chi connectivity index (χ2n) is 5.89. The van der Waals surface area contributed by atoms with Crippen molar-refractivity contribution in [2.75, 3.05) is 0 Å². The summed E-state index contributed by atoms with van der Waals surface area (Å²) >= 11 is 0. The average molecular weight is 357 g/mol. The number of nitrogens with one attached hydrogen (secondary N) is 1. The number of benzene rings is 3. The largest absolute Gasteiger partial charge is 0.621 e. The minimum atomic E-state index is -0.553. The van der Waals surface area contributed by atoms with Crippen molar-refractivity contribution in [2.45, 2.75) is 0 Å². The van der Waals surface area contributed by atoms with Crippen molar-refractivity contribution in [1.29, 1.82) is 0 Å². The molecule has 0 bridgehead atoms. The summed E-state index contributed by atoms with van der Waals surface area (Å²) in [5.41, 5.74) is 2.22. The monoisotopic (exact) mass is 357 g/mol. The predicted molar refractivity (Wildman–Crippen MR) is 99.9 cm³/mol. The Hall–Kier alpha value is -3.61. The smallest absolute Gasteiger partial charge is 0.349 e. The number of amides is 1. The number of aromatic nitrogens is 2. The van der Waals surface area contributed by atoms with Gasteiger partial charge in [0.05, 0.1) is 5.56 Å². The molecule has 0 radical (unpaired) electrons. The highest BCUT2D eigenvalue weighted by molar-refractivity contribution is 5.88. The summed E-state index contributed by atoms with van der Waals surface area (Å²) in [4.78, 5) is 16.6. The maximum atomic E-state index is 12.4. The quantitative estimate of drug-likeness (QED) is 0.567. The Morgan fingerprint density at radius 2 is 1.44 bits per heavy atom. The van der Waals surface area contributed by atoms with Gasteiger partial charge in [0, 0.05) is 23.3 Å². The topological polar surface area (TPSA) is 83.5 Å². The van der Waals surface area contributed by atoms with Gasteiger partial charge in [-0.1, -0.05) is 53.7 Å². The van der Waals surface area contributed by atoms with E-state index < -0.39 is 11.0 Å². The van der Waals surface area contributed by atoms with E-state index in [1.165, 1.54) is 0 Å². The lowest BCUT2D eigenvalue weighted by Gasteiger charge is -2.19. The van der Waals surface area contributed by atoms with Crippen molar-refractivity contribution in [3.05, 3.63) is 95.7 Å². The predicted octanol–water partition coefficient (Wildman–Crippen LogP) is 3.26. The van der Waals surface area contributed by atoms with E-state index >= 15 is 0 Å². The second kappa shape index (κ2) is 7.33. The highest BCUT2D eigenvalue weighted by Crippen LogP contribution is 2.22. The van der Waals surface area contributed by atoms with Crippen molar-refractivity contribution in [3.63, 3.8) is 0 Å². The molecule has 132 valence electrons. The van der Waals surface area contributed by atoms with Gasteiger partial charge in [0.2, 0.25) is 5.82 Å². The van der Waals surface area contributed by atoms with Crippen LogP contribution in [0.1, 0.15) is 10.4 Å². The van der Waals surface area contributed by atoms with Crippen LogP contribution in [-0.4, -0.2) is 16.0 Å². The van der Waals surface area contributed by atoms with Crippen molar-refractivity contribution in [3.8, 4) is 22.8 Å². The minimum absolute atomic E-state index is 0.315. The Kier molecular flexibility index (Phi) is 4.57. The van der Waals surface area contributed by atoms with E-state index in [-0.39, 0.29) is 0 Å². The molecule has 6 nitrogen and oxygen atoms in total. The molecule has 1 amide bonds. The Morgan fingerprint density at radius 1 is 0.815 bits per heavy atom. The van der Waals surface area contributed by atoms with Gasteiger partial charge >= 0.3 is 5.91 Å². The van der Waals surface area contributed by atoms with Crippen LogP contribution in [0.4, 0.5) is 5.69 Å². The molecule has 27 heavy (non-hydrogen) atoms. The fourth-order valence-corrected chi connectivity index (χ4v) is 2.66. The third-order valence-electron chi connectivity index (χ3n) is 4.09. The standard InChI is InChI=1S/C21H15N3O3/c25-21(17-9-5-2-6-10-17)24(26)18-13-11-16(12-14-18)20-22-19(23-27-20)15-7-3-1-4-8-15/h1-14,24H. The van der Waals surface area contributed by atoms with Crippen LogP contribution in [0.3, 0.4) is 0 Å². The molecule has 0 aliphatic heterocycles. The number of carbonyl (C=O) groups excluding carboxylic acids is 1. The van der Waals surface area contributed by atoms with Crippen LogP contribution in [0.25, 0.3) is 22.8 Å². The third-order valence-corrected chi connectivity index (χ3v) is 4.09. The van der Waals surface area contributed by atoms with Gasteiger partial charge in [0.1, 0.15) is 5.69 Å². The third kappa shape index (κ3) is 3.52. The SMILES string of the molecule is O=C(c1ccccc1)[NH+]([O-])c1ccc(-c2nc(-c3ccccc3)no2)cc1. The molecule has 0 spiro atoms. The average Bonchev–Trinajstić information content (AvgIpc) is 3.24. The van der Waals surface area contributed by atoms with Gasteiger partial charge < -0.3 is 9.73 Å². The number of carbonyl (C=O) groups is 1. The van der Waals surface area contributed by atoms with Gasteiger partial charge in [0.15, 0.2) is 0 Å². The van der Waals surface area contributed by atoms with Crippen LogP contribution in [0.5, 0.6) is 0 Å². The summed E-state index contributed by atoms with van der Waals surface area (Å²) in [6.45, 7) is 0. The molecule has 1 aromatic heterocycles. The number of hydroxylamine groups is 1. The molecular formula is C21H15N3O3. The first-order valence-corrected chi connectivity index (χ1v) is 8.36. The minimum Gasteiger partial charge on any atom is -0.621 e. The summed E-state index contributed by atoms with van der Waals surface area (Å²) in [5.74, 6) is 0.305. The molecular weight excluding hydrogens is 342 g/mol. The second-order valence-corrected chi connectivity index (χ2v) is 5.89. The first-order valence-electron chi connectivity index (χ1n) is 8.36. The lowest BCUT2D eigenvalue weighted by Crippen LogP contribution is -3.05. The number of hydrogen-bond donors (Lipinski definition) is 1. The molecule has 0 aliphatic carbocycles. The zero-order chi connectivity index (χ0) is 18.6. The van der Waals surface area contributed by atoms with Crippen molar-refractivity contribution in [2.24, 2.45) is 0 Å². The van der Waals surface area contributed by atoms with Gasteiger partial charge in [0.25, 0.3) is 5.89 Å². The lowest BCUT2D eigenvalue weighted by molar-refractivity contribution is -0.679. The van der Waals surface area contributed by atoms with Gasteiger partial charge in [-0.3, -0.25) is 5.06 Å². The molecule has 0 saturated heterocycles. The molecule has 3 aromatic carbocycles. The molecule has 1 N–H and O–H groups in total. The first kappa shape index (κ1) is 16.8. The highest BCUT2D eigenvalue weighted by atomic mass is 16.5. The molecule has 0 aliphatic rings. The van der Waals surface area contributed by atoms with Gasteiger partial charge in [-0.15, -0.1) is 0 Å². The molecule has 1 atom stereocenters. The number of quaternary nitrogens is 1. The normalized spacial score (nSPS) is 11.9. The molecule has 0 fully saturated rings. The van der Waals surface area contributed by atoms with Crippen molar-refractivity contribution >= 4 is 11.6 Å². The zero-order valence-corrected chi connectivity index (χ0v) is 14.2. The first-order chi connectivity index (χ1) is 13.2. The lowest BCUT2D eigenvalue weighted by atomic mass is 10.1. The summed E-state index contributed by atoms with van der Waals surface area (Å²) in [7, 11) is 0.